The van der Waals surface area contributed by atoms with Crippen molar-refractivity contribution < 1.29 is 17.7 Å². The van der Waals surface area contributed by atoms with Gasteiger partial charge in [0.05, 0.1) is 6.04 Å². The number of hydrogen-bond donors (Lipinski definition) is 1. The molecule has 0 amide bonds. The fraction of sp³-hybridized carbons (Fsp3) is 0.417. The third-order valence-corrected chi connectivity index (χ3v) is 4.39. The van der Waals surface area contributed by atoms with Gasteiger partial charge in [-0.05, 0) is 18.4 Å². The van der Waals surface area contributed by atoms with E-state index < -0.39 is 21.9 Å². The SMILES string of the molecule is [O-][S+](C1=NN2C(CCC2c2ccccc2)N1)C(F)(F)F. The normalized spacial score (nSPS) is 27.0. The molecule has 20 heavy (non-hydrogen) atoms. The van der Waals surface area contributed by atoms with Gasteiger partial charge in [0.1, 0.15) is 17.3 Å². The average Bonchev–Trinajstić information content (AvgIpc) is 2.97. The first-order valence-corrected chi connectivity index (χ1v) is 7.29. The Morgan fingerprint density at radius 2 is 1.95 bits per heavy atom. The van der Waals surface area contributed by atoms with Crippen LogP contribution in [-0.2, 0) is 11.2 Å². The van der Waals surface area contributed by atoms with E-state index in [1.165, 1.54) is 0 Å². The van der Waals surface area contributed by atoms with E-state index in [0.29, 0.717) is 6.42 Å². The van der Waals surface area contributed by atoms with Crippen molar-refractivity contribution in [3.05, 3.63) is 35.9 Å². The number of halogens is 3. The summed E-state index contributed by atoms with van der Waals surface area (Å²) in [5.41, 5.74) is -3.78. The van der Waals surface area contributed by atoms with Crippen LogP contribution in [0.15, 0.2) is 35.4 Å². The second-order valence-electron chi connectivity index (χ2n) is 4.66. The largest absolute Gasteiger partial charge is 0.602 e. The molecule has 4 nitrogen and oxygen atoms in total. The molecule has 108 valence electrons. The molecule has 2 aliphatic rings. The van der Waals surface area contributed by atoms with Crippen molar-refractivity contribution in [2.45, 2.75) is 30.6 Å². The number of hydrogen-bond acceptors (Lipinski definition) is 4. The molecule has 1 aromatic carbocycles. The fourth-order valence-corrected chi connectivity index (χ4v) is 3.18. The van der Waals surface area contributed by atoms with Gasteiger partial charge in [0.2, 0.25) is 0 Å². The maximum absolute atomic E-state index is 12.5. The van der Waals surface area contributed by atoms with Crippen molar-refractivity contribution in [3.8, 4) is 0 Å². The Morgan fingerprint density at radius 1 is 1.25 bits per heavy atom. The Morgan fingerprint density at radius 3 is 2.60 bits per heavy atom. The third kappa shape index (κ3) is 2.33. The quantitative estimate of drug-likeness (QED) is 0.810. The van der Waals surface area contributed by atoms with Crippen molar-refractivity contribution in [1.29, 1.82) is 0 Å². The van der Waals surface area contributed by atoms with Crippen LogP contribution in [0.4, 0.5) is 13.2 Å². The van der Waals surface area contributed by atoms with Crippen LogP contribution in [0, 0.1) is 0 Å². The minimum Gasteiger partial charge on any atom is -0.602 e. The number of rotatable bonds is 1. The van der Waals surface area contributed by atoms with E-state index in [4.69, 9.17) is 0 Å². The molecule has 3 atom stereocenters. The summed E-state index contributed by atoms with van der Waals surface area (Å²) in [6.07, 6.45) is 1.17. The van der Waals surface area contributed by atoms with Crippen LogP contribution < -0.4 is 5.32 Å². The van der Waals surface area contributed by atoms with Gasteiger partial charge < -0.3 is 9.87 Å². The van der Waals surface area contributed by atoms with Crippen LogP contribution in [0.25, 0.3) is 0 Å². The van der Waals surface area contributed by atoms with E-state index in [0.717, 1.165) is 12.0 Å². The Kier molecular flexibility index (Phi) is 3.29. The molecule has 2 aliphatic heterocycles. The smallest absolute Gasteiger partial charge is 0.581 e. The number of amidine groups is 1. The molecular weight excluding hydrogens is 291 g/mol. The summed E-state index contributed by atoms with van der Waals surface area (Å²) in [5, 5.41) is 7.60. The monoisotopic (exact) mass is 303 g/mol. The van der Waals surface area contributed by atoms with Gasteiger partial charge in [0.25, 0.3) is 0 Å². The third-order valence-electron chi connectivity index (χ3n) is 3.42. The van der Waals surface area contributed by atoms with Crippen molar-refractivity contribution in [3.63, 3.8) is 0 Å². The Hall–Kier alpha value is -1.41. The maximum atomic E-state index is 12.5. The predicted molar refractivity (Wildman–Crippen MR) is 68.8 cm³/mol. The van der Waals surface area contributed by atoms with Gasteiger partial charge in [0.15, 0.2) is 0 Å². The number of nitrogens with zero attached hydrogens (tertiary/aromatic N) is 2. The van der Waals surface area contributed by atoms with E-state index in [-0.39, 0.29) is 12.2 Å². The second-order valence-corrected chi connectivity index (χ2v) is 6.05. The van der Waals surface area contributed by atoms with Crippen LogP contribution in [0.3, 0.4) is 0 Å². The lowest BCUT2D eigenvalue weighted by atomic mass is 10.1. The molecule has 0 bridgehead atoms. The van der Waals surface area contributed by atoms with E-state index in [1.807, 2.05) is 30.3 Å². The van der Waals surface area contributed by atoms with E-state index in [2.05, 4.69) is 10.4 Å². The molecule has 0 aliphatic carbocycles. The molecule has 0 radical (unpaired) electrons. The van der Waals surface area contributed by atoms with Gasteiger partial charge in [-0.2, -0.15) is 0 Å². The molecule has 0 spiro atoms. The summed E-state index contributed by atoms with van der Waals surface area (Å²) < 4.78 is 48.7. The minimum atomic E-state index is -4.78. The highest BCUT2D eigenvalue weighted by atomic mass is 32.2. The lowest BCUT2D eigenvalue weighted by Crippen LogP contribution is -2.41. The van der Waals surface area contributed by atoms with Crippen molar-refractivity contribution in [2.24, 2.45) is 5.10 Å². The number of benzene rings is 1. The molecule has 1 fully saturated rings. The Bertz CT molecular complexity index is 522. The molecule has 1 aromatic rings. The number of alkyl halides is 3. The zero-order valence-electron chi connectivity index (χ0n) is 10.3. The van der Waals surface area contributed by atoms with Crippen LogP contribution in [0.5, 0.6) is 0 Å². The maximum Gasteiger partial charge on any atom is 0.581 e. The summed E-state index contributed by atoms with van der Waals surface area (Å²) in [5.74, 6) is 0. The highest BCUT2D eigenvalue weighted by Gasteiger charge is 2.53. The molecule has 2 heterocycles. The summed E-state index contributed by atoms with van der Waals surface area (Å²) in [6.45, 7) is 0. The van der Waals surface area contributed by atoms with Crippen molar-refractivity contribution >= 4 is 16.3 Å². The molecule has 3 unspecified atom stereocenters. The van der Waals surface area contributed by atoms with E-state index in [1.54, 1.807) is 5.01 Å². The molecule has 1 saturated heterocycles. The Labute approximate surface area is 116 Å². The lowest BCUT2D eigenvalue weighted by molar-refractivity contribution is -0.0417. The molecule has 0 saturated carbocycles. The number of fused-ring (bicyclic) bond motifs is 1. The molecule has 8 heteroatoms. The number of hydrazone groups is 1. The second kappa shape index (κ2) is 4.85. The number of nitrogens with one attached hydrogen (secondary N) is 1. The standard InChI is InChI=1S/C12H12F3N3OS/c13-12(14,15)20(19)11-16-10-7-6-9(18(10)17-11)8-4-2-1-3-5-8/h1-5,9-10H,6-7H2,(H,16,17). The van der Waals surface area contributed by atoms with Gasteiger partial charge in [-0.25, -0.2) is 0 Å². The van der Waals surface area contributed by atoms with Crippen LogP contribution in [0.1, 0.15) is 24.4 Å². The molecular formula is C12H12F3N3OS. The first kappa shape index (κ1) is 13.6. The van der Waals surface area contributed by atoms with Gasteiger partial charge in [-0.3, -0.25) is 5.01 Å². The van der Waals surface area contributed by atoms with Gasteiger partial charge >= 0.3 is 10.7 Å². The van der Waals surface area contributed by atoms with Crippen LogP contribution in [-0.4, -0.2) is 26.4 Å². The highest BCUT2D eigenvalue weighted by molar-refractivity contribution is 8.07. The fourth-order valence-electron chi connectivity index (χ4n) is 2.55. The Balaban J connectivity index is 1.82. The predicted octanol–water partition coefficient (Wildman–Crippen LogP) is 2.29. The highest BCUT2D eigenvalue weighted by Crippen LogP contribution is 2.38. The summed E-state index contributed by atoms with van der Waals surface area (Å²) in [7, 11) is 0. The minimum absolute atomic E-state index is 0.0727. The van der Waals surface area contributed by atoms with Crippen LogP contribution in [0.2, 0.25) is 0 Å². The molecule has 0 aromatic heterocycles. The zero-order valence-corrected chi connectivity index (χ0v) is 11.1. The van der Waals surface area contributed by atoms with Gasteiger partial charge in [-0.15, -0.1) is 18.3 Å². The summed E-state index contributed by atoms with van der Waals surface area (Å²) in [4.78, 5) is 0. The van der Waals surface area contributed by atoms with E-state index >= 15 is 0 Å². The first-order valence-electron chi connectivity index (χ1n) is 6.14. The average molecular weight is 303 g/mol. The lowest BCUT2D eigenvalue weighted by Gasteiger charge is -2.21. The first-order chi connectivity index (χ1) is 9.47. The zero-order chi connectivity index (χ0) is 14.3. The van der Waals surface area contributed by atoms with Crippen molar-refractivity contribution in [1.82, 2.24) is 10.3 Å². The van der Waals surface area contributed by atoms with Gasteiger partial charge in [0, 0.05) is 0 Å². The van der Waals surface area contributed by atoms with Gasteiger partial charge in [-0.1, -0.05) is 30.3 Å². The molecule has 3 rings (SSSR count). The topological polar surface area (TPSA) is 50.7 Å². The van der Waals surface area contributed by atoms with E-state index in [9.17, 15) is 17.7 Å². The summed E-state index contributed by atoms with van der Waals surface area (Å²) in [6, 6.07) is 9.40. The summed E-state index contributed by atoms with van der Waals surface area (Å²) >= 11 is -3.10. The molecule has 1 N–H and O–H groups in total. The van der Waals surface area contributed by atoms with Crippen LogP contribution >= 0.6 is 0 Å². The van der Waals surface area contributed by atoms with Crippen molar-refractivity contribution in [2.75, 3.05) is 0 Å².